The number of rotatable bonds is 4. The standard InChI is InChI=1S/C14H12N4O3/c1-10-4-5-11(7-13(10)18(20)21)8-16-17-14(19)12-3-2-6-15-9-12/h2-9H,1H3,(H,17,19)/b16-8-. The lowest BCUT2D eigenvalue weighted by Crippen LogP contribution is -2.17. The number of nitrogens with zero attached hydrogens (tertiary/aromatic N) is 3. The molecule has 21 heavy (non-hydrogen) atoms. The molecule has 2 rings (SSSR count). The van der Waals surface area contributed by atoms with Crippen LogP contribution < -0.4 is 5.43 Å². The van der Waals surface area contributed by atoms with E-state index in [0.717, 1.165) is 0 Å². The van der Waals surface area contributed by atoms with Gasteiger partial charge in [0, 0.05) is 29.6 Å². The van der Waals surface area contributed by atoms with Crippen molar-refractivity contribution in [3.8, 4) is 0 Å². The monoisotopic (exact) mass is 284 g/mol. The lowest BCUT2D eigenvalue weighted by molar-refractivity contribution is -0.385. The largest absolute Gasteiger partial charge is 0.272 e. The molecule has 1 amide bonds. The number of nitro benzene ring substituents is 1. The topological polar surface area (TPSA) is 97.5 Å². The summed E-state index contributed by atoms with van der Waals surface area (Å²) in [5, 5.41) is 14.6. The SMILES string of the molecule is Cc1ccc(/C=N\NC(=O)c2cccnc2)cc1[N+](=O)[O-]. The van der Waals surface area contributed by atoms with E-state index in [4.69, 9.17) is 0 Å². The molecule has 1 aromatic carbocycles. The number of amides is 1. The molecule has 2 aromatic rings. The molecule has 0 fully saturated rings. The number of aryl methyl sites for hydroxylation is 1. The van der Waals surface area contributed by atoms with Crippen LogP contribution in [0.15, 0.2) is 47.8 Å². The molecule has 7 heteroatoms. The molecule has 0 atom stereocenters. The van der Waals surface area contributed by atoms with Crippen LogP contribution >= 0.6 is 0 Å². The molecule has 0 spiro atoms. The third-order valence-corrected chi connectivity index (χ3v) is 2.73. The molecule has 0 radical (unpaired) electrons. The van der Waals surface area contributed by atoms with Gasteiger partial charge in [0.2, 0.25) is 0 Å². The van der Waals surface area contributed by atoms with Gasteiger partial charge < -0.3 is 0 Å². The van der Waals surface area contributed by atoms with Crippen LogP contribution in [0.25, 0.3) is 0 Å². The van der Waals surface area contributed by atoms with E-state index in [1.807, 2.05) is 0 Å². The number of aromatic nitrogens is 1. The van der Waals surface area contributed by atoms with Crippen LogP contribution in [0.5, 0.6) is 0 Å². The Labute approximate surface area is 120 Å². The second-order valence-electron chi connectivity index (χ2n) is 4.24. The van der Waals surface area contributed by atoms with Crippen molar-refractivity contribution < 1.29 is 9.72 Å². The maximum atomic E-state index is 11.7. The third kappa shape index (κ3) is 3.69. The maximum Gasteiger partial charge on any atom is 0.272 e. The summed E-state index contributed by atoms with van der Waals surface area (Å²) in [5.74, 6) is -0.402. The summed E-state index contributed by atoms with van der Waals surface area (Å²) in [7, 11) is 0. The molecule has 1 aromatic heterocycles. The summed E-state index contributed by atoms with van der Waals surface area (Å²) in [4.78, 5) is 25.9. The summed E-state index contributed by atoms with van der Waals surface area (Å²) in [5.41, 5.74) is 3.82. The smallest absolute Gasteiger partial charge is 0.267 e. The van der Waals surface area contributed by atoms with E-state index >= 15 is 0 Å². The number of carbonyl (C=O) groups excluding carboxylic acids is 1. The van der Waals surface area contributed by atoms with E-state index in [9.17, 15) is 14.9 Å². The van der Waals surface area contributed by atoms with Gasteiger partial charge in [0.25, 0.3) is 11.6 Å². The molecule has 0 aliphatic rings. The number of nitrogens with one attached hydrogen (secondary N) is 1. The molecular weight excluding hydrogens is 272 g/mol. The molecular formula is C14H12N4O3. The molecule has 106 valence electrons. The van der Waals surface area contributed by atoms with Crippen molar-refractivity contribution in [1.82, 2.24) is 10.4 Å². The number of benzene rings is 1. The van der Waals surface area contributed by atoms with Crippen molar-refractivity contribution in [1.29, 1.82) is 0 Å². The number of hydrogen-bond donors (Lipinski definition) is 1. The number of hydrazone groups is 1. The summed E-state index contributed by atoms with van der Waals surface area (Å²) < 4.78 is 0. The normalized spacial score (nSPS) is 10.5. The molecule has 1 heterocycles. The van der Waals surface area contributed by atoms with Crippen LogP contribution in [0, 0.1) is 17.0 Å². The average molecular weight is 284 g/mol. The molecule has 0 saturated carbocycles. The Bertz CT molecular complexity index is 699. The Morgan fingerprint density at radius 2 is 2.24 bits per heavy atom. The lowest BCUT2D eigenvalue weighted by atomic mass is 10.1. The fourth-order valence-corrected chi connectivity index (χ4v) is 1.63. The Morgan fingerprint density at radius 1 is 1.43 bits per heavy atom. The molecule has 7 nitrogen and oxygen atoms in total. The highest BCUT2D eigenvalue weighted by Crippen LogP contribution is 2.18. The zero-order valence-electron chi connectivity index (χ0n) is 11.2. The van der Waals surface area contributed by atoms with Gasteiger partial charge in [-0.2, -0.15) is 5.10 Å². The highest BCUT2D eigenvalue weighted by atomic mass is 16.6. The minimum atomic E-state index is -0.457. The molecule has 0 bridgehead atoms. The summed E-state index contributed by atoms with van der Waals surface area (Å²) in [6, 6.07) is 7.95. The van der Waals surface area contributed by atoms with Gasteiger partial charge in [0.05, 0.1) is 16.7 Å². The van der Waals surface area contributed by atoms with Gasteiger partial charge in [-0.15, -0.1) is 0 Å². The van der Waals surface area contributed by atoms with Gasteiger partial charge in [-0.05, 0) is 19.1 Å². The number of pyridine rings is 1. The number of carbonyl (C=O) groups is 1. The predicted molar refractivity (Wildman–Crippen MR) is 77.1 cm³/mol. The second kappa shape index (κ2) is 6.38. The zero-order valence-corrected chi connectivity index (χ0v) is 11.2. The van der Waals surface area contributed by atoms with Crippen LogP contribution in [-0.4, -0.2) is 22.0 Å². The first-order chi connectivity index (χ1) is 10.1. The van der Waals surface area contributed by atoms with E-state index in [2.05, 4.69) is 15.5 Å². The maximum absolute atomic E-state index is 11.7. The summed E-state index contributed by atoms with van der Waals surface area (Å²) >= 11 is 0. The van der Waals surface area contributed by atoms with Crippen LogP contribution in [0.4, 0.5) is 5.69 Å². The van der Waals surface area contributed by atoms with Gasteiger partial charge in [-0.1, -0.05) is 12.1 Å². The van der Waals surface area contributed by atoms with Crippen molar-refractivity contribution in [3.63, 3.8) is 0 Å². The molecule has 0 saturated heterocycles. The van der Waals surface area contributed by atoms with Crippen molar-refractivity contribution in [2.45, 2.75) is 6.92 Å². The quantitative estimate of drug-likeness (QED) is 0.528. The van der Waals surface area contributed by atoms with Crippen LogP contribution in [-0.2, 0) is 0 Å². The first-order valence-corrected chi connectivity index (χ1v) is 6.06. The Morgan fingerprint density at radius 3 is 2.90 bits per heavy atom. The van der Waals surface area contributed by atoms with Crippen LogP contribution in [0.3, 0.4) is 0 Å². The second-order valence-corrected chi connectivity index (χ2v) is 4.24. The van der Waals surface area contributed by atoms with E-state index in [0.29, 0.717) is 16.7 Å². The minimum absolute atomic E-state index is 0.0116. The Hall–Kier alpha value is -3.09. The van der Waals surface area contributed by atoms with E-state index in [-0.39, 0.29) is 5.69 Å². The Kier molecular flexibility index (Phi) is 4.35. The first kappa shape index (κ1) is 14.3. The average Bonchev–Trinajstić information content (AvgIpc) is 2.49. The third-order valence-electron chi connectivity index (χ3n) is 2.73. The van der Waals surface area contributed by atoms with Crippen LogP contribution in [0.2, 0.25) is 0 Å². The minimum Gasteiger partial charge on any atom is -0.267 e. The van der Waals surface area contributed by atoms with E-state index < -0.39 is 10.8 Å². The number of nitro groups is 1. The first-order valence-electron chi connectivity index (χ1n) is 6.06. The van der Waals surface area contributed by atoms with Crippen molar-refractivity contribution >= 4 is 17.8 Å². The van der Waals surface area contributed by atoms with E-state index in [1.54, 1.807) is 37.4 Å². The highest BCUT2D eigenvalue weighted by Gasteiger charge is 2.10. The summed E-state index contributed by atoms with van der Waals surface area (Å²) in [6.07, 6.45) is 4.33. The Balaban J connectivity index is 2.07. The van der Waals surface area contributed by atoms with Gasteiger partial charge in [0.1, 0.15) is 0 Å². The fourth-order valence-electron chi connectivity index (χ4n) is 1.63. The van der Waals surface area contributed by atoms with Gasteiger partial charge in [-0.25, -0.2) is 5.43 Å². The van der Waals surface area contributed by atoms with Gasteiger partial charge in [-0.3, -0.25) is 19.9 Å². The zero-order chi connectivity index (χ0) is 15.2. The fraction of sp³-hybridized carbons (Fsp3) is 0.0714. The van der Waals surface area contributed by atoms with Gasteiger partial charge >= 0.3 is 0 Å². The summed E-state index contributed by atoms with van der Waals surface area (Å²) in [6.45, 7) is 1.66. The van der Waals surface area contributed by atoms with Gasteiger partial charge in [0.15, 0.2) is 0 Å². The number of hydrogen-bond acceptors (Lipinski definition) is 5. The highest BCUT2D eigenvalue weighted by molar-refractivity contribution is 5.94. The van der Waals surface area contributed by atoms with Crippen molar-refractivity contribution in [2.24, 2.45) is 5.10 Å². The van der Waals surface area contributed by atoms with E-state index in [1.165, 1.54) is 18.5 Å². The van der Waals surface area contributed by atoms with Crippen molar-refractivity contribution in [3.05, 3.63) is 69.5 Å². The molecule has 0 aliphatic heterocycles. The lowest BCUT2D eigenvalue weighted by Gasteiger charge is -2.00. The molecule has 0 unspecified atom stereocenters. The predicted octanol–water partition coefficient (Wildman–Crippen LogP) is 2.06. The van der Waals surface area contributed by atoms with Crippen molar-refractivity contribution in [2.75, 3.05) is 0 Å². The van der Waals surface area contributed by atoms with Crippen LogP contribution in [0.1, 0.15) is 21.5 Å². The molecule has 0 aliphatic carbocycles. The molecule has 1 N–H and O–H groups in total.